The van der Waals surface area contributed by atoms with Crippen LogP contribution in [0.5, 0.6) is 5.75 Å². The molecule has 0 saturated heterocycles. The molecule has 1 heterocycles. The van der Waals surface area contributed by atoms with Crippen LogP contribution in [0.3, 0.4) is 0 Å². The molecule has 0 bridgehead atoms. The van der Waals surface area contributed by atoms with Crippen LogP contribution in [-0.2, 0) is 4.74 Å². The Kier molecular flexibility index (Phi) is 6.52. The van der Waals surface area contributed by atoms with Gasteiger partial charge < -0.3 is 14.8 Å². The number of likely N-dealkylation sites (N-methyl/N-ethyl adjacent to an activating group) is 1. The Bertz CT molecular complexity index is 421. The third-order valence-corrected chi connectivity index (χ3v) is 4.21. The predicted molar refractivity (Wildman–Crippen MR) is 86.8 cm³/mol. The van der Waals surface area contributed by atoms with E-state index in [-0.39, 0.29) is 18.2 Å². The molecule has 0 amide bonds. The van der Waals surface area contributed by atoms with E-state index in [0.717, 1.165) is 12.2 Å². The minimum atomic E-state index is 0.0890. The fraction of sp³-hybridized carbons (Fsp3) is 0.667. The fourth-order valence-electron chi connectivity index (χ4n) is 3.02. The molecule has 0 aromatic heterocycles. The quantitative estimate of drug-likeness (QED) is 0.732. The SMILES string of the molecule is CCCCCCC(C)OC1COc2ccccc2C1NC. The Morgan fingerprint density at radius 3 is 2.86 bits per heavy atom. The van der Waals surface area contributed by atoms with Crippen LogP contribution >= 0.6 is 0 Å². The molecule has 3 nitrogen and oxygen atoms in total. The smallest absolute Gasteiger partial charge is 0.124 e. The Morgan fingerprint density at radius 1 is 1.29 bits per heavy atom. The average molecular weight is 291 g/mol. The lowest BCUT2D eigenvalue weighted by molar-refractivity contribution is -0.0561. The van der Waals surface area contributed by atoms with Gasteiger partial charge in [0.25, 0.3) is 0 Å². The van der Waals surface area contributed by atoms with Gasteiger partial charge in [-0.15, -0.1) is 0 Å². The van der Waals surface area contributed by atoms with Crippen molar-refractivity contribution in [3.63, 3.8) is 0 Å². The van der Waals surface area contributed by atoms with Crippen LogP contribution < -0.4 is 10.1 Å². The second-order valence-electron chi connectivity index (χ2n) is 5.95. The first-order valence-electron chi connectivity index (χ1n) is 8.30. The maximum Gasteiger partial charge on any atom is 0.124 e. The molecule has 0 spiro atoms. The number of para-hydroxylation sites is 1. The summed E-state index contributed by atoms with van der Waals surface area (Å²) in [6.07, 6.45) is 6.68. The molecule has 1 aromatic carbocycles. The molecule has 0 fully saturated rings. The highest BCUT2D eigenvalue weighted by molar-refractivity contribution is 5.38. The van der Waals surface area contributed by atoms with Crippen molar-refractivity contribution in [2.45, 2.75) is 64.2 Å². The summed E-state index contributed by atoms with van der Waals surface area (Å²) >= 11 is 0. The molecular formula is C18H29NO2. The molecular weight excluding hydrogens is 262 g/mol. The highest BCUT2D eigenvalue weighted by Crippen LogP contribution is 2.33. The summed E-state index contributed by atoms with van der Waals surface area (Å²) in [5.74, 6) is 0.979. The molecule has 21 heavy (non-hydrogen) atoms. The van der Waals surface area contributed by atoms with Crippen LogP contribution in [0.1, 0.15) is 57.6 Å². The topological polar surface area (TPSA) is 30.5 Å². The lowest BCUT2D eigenvalue weighted by atomic mass is 9.98. The summed E-state index contributed by atoms with van der Waals surface area (Å²) < 4.78 is 12.1. The fourth-order valence-corrected chi connectivity index (χ4v) is 3.02. The monoisotopic (exact) mass is 291 g/mol. The Hall–Kier alpha value is -1.06. The highest BCUT2D eigenvalue weighted by atomic mass is 16.5. The van der Waals surface area contributed by atoms with Crippen molar-refractivity contribution in [2.24, 2.45) is 0 Å². The van der Waals surface area contributed by atoms with E-state index in [2.05, 4.69) is 31.3 Å². The van der Waals surface area contributed by atoms with E-state index < -0.39 is 0 Å². The molecule has 3 atom stereocenters. The number of benzene rings is 1. The summed E-state index contributed by atoms with van der Waals surface area (Å²) in [5.41, 5.74) is 1.20. The van der Waals surface area contributed by atoms with Gasteiger partial charge in [-0.3, -0.25) is 0 Å². The summed E-state index contributed by atoms with van der Waals surface area (Å²) in [6.45, 7) is 5.05. The van der Waals surface area contributed by atoms with E-state index >= 15 is 0 Å². The molecule has 0 radical (unpaired) electrons. The average Bonchev–Trinajstić information content (AvgIpc) is 2.51. The number of unbranched alkanes of at least 4 members (excludes halogenated alkanes) is 3. The molecule has 2 rings (SSSR count). The van der Waals surface area contributed by atoms with Crippen molar-refractivity contribution < 1.29 is 9.47 Å². The molecule has 0 aliphatic carbocycles. The van der Waals surface area contributed by atoms with Crippen LogP contribution in [0, 0.1) is 0 Å². The van der Waals surface area contributed by atoms with Gasteiger partial charge in [-0.2, -0.15) is 0 Å². The van der Waals surface area contributed by atoms with Crippen LogP contribution in [0.15, 0.2) is 24.3 Å². The zero-order valence-electron chi connectivity index (χ0n) is 13.6. The largest absolute Gasteiger partial charge is 0.490 e. The summed E-state index contributed by atoms with van der Waals surface area (Å²) in [7, 11) is 2.00. The Balaban J connectivity index is 1.89. The number of fused-ring (bicyclic) bond motifs is 1. The standard InChI is InChI=1S/C18H29NO2/c1-4-5-6-7-10-14(2)21-17-13-20-16-12-9-8-11-15(16)18(17)19-3/h8-9,11-12,14,17-19H,4-7,10,13H2,1-3H3. The molecule has 1 N–H and O–H groups in total. The van der Waals surface area contributed by atoms with Gasteiger partial charge >= 0.3 is 0 Å². The van der Waals surface area contributed by atoms with Crippen molar-refractivity contribution in [2.75, 3.05) is 13.7 Å². The van der Waals surface area contributed by atoms with E-state index in [0.29, 0.717) is 6.61 Å². The van der Waals surface area contributed by atoms with Crippen molar-refractivity contribution in [3.8, 4) is 5.75 Å². The van der Waals surface area contributed by atoms with Gasteiger partial charge in [0.05, 0.1) is 12.1 Å². The van der Waals surface area contributed by atoms with Gasteiger partial charge in [-0.1, -0.05) is 50.8 Å². The molecule has 1 aliphatic heterocycles. The van der Waals surface area contributed by atoms with E-state index in [9.17, 15) is 0 Å². The van der Waals surface area contributed by atoms with Crippen LogP contribution in [0.2, 0.25) is 0 Å². The van der Waals surface area contributed by atoms with E-state index in [4.69, 9.17) is 9.47 Å². The molecule has 3 unspecified atom stereocenters. The first-order chi connectivity index (χ1) is 10.3. The lowest BCUT2D eigenvalue weighted by Gasteiger charge is -2.35. The number of rotatable bonds is 8. The van der Waals surface area contributed by atoms with Crippen molar-refractivity contribution >= 4 is 0 Å². The molecule has 118 valence electrons. The molecule has 1 aromatic rings. The van der Waals surface area contributed by atoms with E-state index in [1.165, 1.54) is 31.2 Å². The summed E-state index contributed by atoms with van der Waals surface area (Å²) in [5, 5.41) is 3.39. The minimum Gasteiger partial charge on any atom is -0.490 e. The third kappa shape index (κ3) is 4.45. The number of hydrogen-bond acceptors (Lipinski definition) is 3. The third-order valence-electron chi connectivity index (χ3n) is 4.21. The Morgan fingerprint density at radius 2 is 2.10 bits per heavy atom. The maximum atomic E-state index is 6.24. The van der Waals surface area contributed by atoms with Gasteiger partial charge in [0.1, 0.15) is 18.5 Å². The minimum absolute atomic E-state index is 0.0890. The van der Waals surface area contributed by atoms with Crippen molar-refractivity contribution in [1.29, 1.82) is 0 Å². The van der Waals surface area contributed by atoms with Crippen LogP contribution in [0.25, 0.3) is 0 Å². The number of hydrogen-bond donors (Lipinski definition) is 1. The molecule has 0 saturated carbocycles. The van der Waals surface area contributed by atoms with Crippen LogP contribution in [0.4, 0.5) is 0 Å². The zero-order valence-corrected chi connectivity index (χ0v) is 13.6. The van der Waals surface area contributed by atoms with Crippen molar-refractivity contribution in [1.82, 2.24) is 5.32 Å². The number of ether oxygens (including phenoxy) is 2. The summed E-state index contributed by atoms with van der Waals surface area (Å²) in [4.78, 5) is 0. The van der Waals surface area contributed by atoms with Gasteiger partial charge in [0.2, 0.25) is 0 Å². The zero-order chi connectivity index (χ0) is 15.1. The maximum absolute atomic E-state index is 6.24. The molecule has 3 heteroatoms. The second kappa shape index (κ2) is 8.40. The molecule has 1 aliphatic rings. The van der Waals surface area contributed by atoms with Gasteiger partial charge in [-0.05, 0) is 26.5 Å². The lowest BCUT2D eigenvalue weighted by Crippen LogP contribution is -2.41. The predicted octanol–water partition coefficient (Wildman–Crippen LogP) is 4.08. The first-order valence-corrected chi connectivity index (χ1v) is 8.30. The van der Waals surface area contributed by atoms with Crippen LogP contribution in [-0.4, -0.2) is 25.9 Å². The second-order valence-corrected chi connectivity index (χ2v) is 5.95. The van der Waals surface area contributed by atoms with Gasteiger partial charge in [0, 0.05) is 5.56 Å². The highest BCUT2D eigenvalue weighted by Gasteiger charge is 2.31. The van der Waals surface area contributed by atoms with Gasteiger partial charge in [0.15, 0.2) is 0 Å². The van der Waals surface area contributed by atoms with E-state index in [1.54, 1.807) is 0 Å². The van der Waals surface area contributed by atoms with Gasteiger partial charge in [-0.25, -0.2) is 0 Å². The first kappa shape index (κ1) is 16.3. The number of nitrogens with one attached hydrogen (secondary N) is 1. The van der Waals surface area contributed by atoms with Crippen molar-refractivity contribution in [3.05, 3.63) is 29.8 Å². The normalized spacial score (nSPS) is 22.4. The van der Waals surface area contributed by atoms with E-state index in [1.807, 2.05) is 19.2 Å². The Labute approximate surface area is 129 Å². The summed E-state index contributed by atoms with van der Waals surface area (Å²) in [6, 6.07) is 8.45.